The maximum atomic E-state index is 10.4. The molecule has 2 atom stereocenters. The highest BCUT2D eigenvalue weighted by Gasteiger charge is 2.04. The van der Waals surface area contributed by atoms with E-state index in [1.807, 2.05) is 0 Å². The third-order valence-electron chi connectivity index (χ3n) is 2.83. The Kier molecular flexibility index (Phi) is 7.60. The molecule has 0 aromatic carbocycles. The van der Waals surface area contributed by atoms with Crippen molar-refractivity contribution >= 4 is 11.9 Å². The molecule has 0 saturated carbocycles. The molecule has 94 valence electrons. The van der Waals surface area contributed by atoms with E-state index >= 15 is 0 Å². The van der Waals surface area contributed by atoms with E-state index in [0.717, 1.165) is 25.7 Å². The van der Waals surface area contributed by atoms with E-state index in [1.54, 1.807) is 13.8 Å². The minimum atomic E-state index is -0.995. The summed E-state index contributed by atoms with van der Waals surface area (Å²) in [7, 11) is 0. The van der Waals surface area contributed by atoms with Crippen LogP contribution in [0.1, 0.15) is 52.4 Å². The number of carboxylic acids is 2. The Morgan fingerprint density at radius 1 is 0.812 bits per heavy atom. The molecule has 0 aromatic rings. The Balaban J connectivity index is 3.34. The van der Waals surface area contributed by atoms with Gasteiger partial charge in [-0.2, -0.15) is 0 Å². The first-order valence-corrected chi connectivity index (χ1v) is 5.87. The van der Waals surface area contributed by atoms with Crippen LogP contribution < -0.4 is 10.2 Å². The van der Waals surface area contributed by atoms with Gasteiger partial charge in [0.25, 0.3) is 0 Å². The molecule has 0 heterocycles. The normalized spacial score (nSPS) is 14.4. The number of carboxylic acid groups (broad SMARTS) is 2. The van der Waals surface area contributed by atoms with Gasteiger partial charge in [-0.15, -0.1) is 0 Å². The summed E-state index contributed by atoms with van der Waals surface area (Å²) in [6.07, 6.45) is 4.87. The zero-order valence-electron chi connectivity index (χ0n) is 10.0. The summed E-state index contributed by atoms with van der Waals surface area (Å²) in [5.41, 5.74) is 0. The smallest absolute Gasteiger partial charge is 0.0442 e. The lowest BCUT2D eigenvalue weighted by atomic mass is 10.00. The maximum absolute atomic E-state index is 10.4. The van der Waals surface area contributed by atoms with Gasteiger partial charge in [-0.05, 0) is 24.7 Å². The van der Waals surface area contributed by atoms with Crippen molar-refractivity contribution in [3.8, 4) is 0 Å². The monoisotopic (exact) mass is 228 g/mol. The number of carbonyl (C=O) groups is 2. The molecule has 0 saturated heterocycles. The van der Waals surface area contributed by atoms with E-state index in [9.17, 15) is 19.8 Å². The Morgan fingerprint density at radius 2 is 1.12 bits per heavy atom. The molecule has 0 bridgehead atoms. The van der Waals surface area contributed by atoms with Crippen molar-refractivity contribution in [1.29, 1.82) is 0 Å². The Labute approximate surface area is 96.7 Å². The first-order chi connectivity index (χ1) is 7.45. The number of rotatable bonds is 9. The standard InChI is InChI=1S/C12H22O4/c1-9(11(13)14)7-5-3-4-6-8-10(2)12(15)16/h9-10H,3-8H2,1-2H3,(H,13,14)(H,15,16)/p-2/t9-,10-/m0/s1. The van der Waals surface area contributed by atoms with Crippen molar-refractivity contribution in [2.45, 2.75) is 52.4 Å². The molecule has 0 aliphatic carbocycles. The first kappa shape index (κ1) is 14.9. The molecule has 0 unspecified atom stereocenters. The molecular weight excluding hydrogens is 208 g/mol. The maximum Gasteiger partial charge on any atom is 0.0442 e. The summed E-state index contributed by atoms with van der Waals surface area (Å²) in [6.45, 7) is 3.29. The molecule has 0 amide bonds. The van der Waals surface area contributed by atoms with Crippen molar-refractivity contribution in [3.05, 3.63) is 0 Å². The summed E-state index contributed by atoms with van der Waals surface area (Å²) in [5.74, 6) is -2.76. The summed E-state index contributed by atoms with van der Waals surface area (Å²) in [5, 5.41) is 20.8. The molecule has 0 rings (SSSR count). The van der Waals surface area contributed by atoms with Crippen LogP contribution in [0.3, 0.4) is 0 Å². The van der Waals surface area contributed by atoms with Crippen LogP contribution >= 0.6 is 0 Å². The van der Waals surface area contributed by atoms with Gasteiger partial charge in [0.15, 0.2) is 0 Å². The fourth-order valence-electron chi connectivity index (χ4n) is 1.49. The number of hydrogen-bond acceptors (Lipinski definition) is 4. The summed E-state index contributed by atoms with van der Waals surface area (Å²) >= 11 is 0. The topological polar surface area (TPSA) is 80.3 Å². The quantitative estimate of drug-likeness (QED) is 0.524. The highest BCUT2D eigenvalue weighted by atomic mass is 16.4. The second-order valence-electron chi connectivity index (χ2n) is 4.43. The first-order valence-electron chi connectivity index (χ1n) is 5.87. The molecule has 16 heavy (non-hydrogen) atoms. The van der Waals surface area contributed by atoms with E-state index < -0.39 is 11.9 Å². The molecule has 0 spiro atoms. The molecule has 0 aliphatic rings. The van der Waals surface area contributed by atoms with Crippen LogP contribution in [0.2, 0.25) is 0 Å². The van der Waals surface area contributed by atoms with Gasteiger partial charge in [-0.25, -0.2) is 0 Å². The lowest BCUT2D eigenvalue weighted by Crippen LogP contribution is -2.29. The fourth-order valence-corrected chi connectivity index (χ4v) is 1.49. The average molecular weight is 228 g/mol. The highest BCUT2D eigenvalue weighted by molar-refractivity contribution is 5.67. The van der Waals surface area contributed by atoms with Gasteiger partial charge in [-0.3, -0.25) is 0 Å². The van der Waals surface area contributed by atoms with Crippen LogP contribution in [-0.4, -0.2) is 11.9 Å². The number of aliphatic carboxylic acids is 2. The van der Waals surface area contributed by atoms with Gasteiger partial charge < -0.3 is 19.8 Å². The molecule has 0 aliphatic heterocycles. The minimum absolute atomic E-state index is 0.387. The largest absolute Gasteiger partial charge is 0.550 e. The Hall–Kier alpha value is -1.06. The molecule has 4 nitrogen and oxygen atoms in total. The molecule has 0 N–H and O–H groups in total. The van der Waals surface area contributed by atoms with Crippen molar-refractivity contribution in [3.63, 3.8) is 0 Å². The van der Waals surface area contributed by atoms with Crippen LogP contribution in [0.4, 0.5) is 0 Å². The molecule has 0 aromatic heterocycles. The molecule has 0 fully saturated rings. The van der Waals surface area contributed by atoms with E-state index in [4.69, 9.17) is 0 Å². The Morgan fingerprint density at radius 3 is 1.38 bits per heavy atom. The minimum Gasteiger partial charge on any atom is -0.550 e. The number of unbranched alkanes of at least 4 members (excludes halogenated alkanes) is 3. The van der Waals surface area contributed by atoms with Crippen molar-refractivity contribution < 1.29 is 19.8 Å². The number of carbonyl (C=O) groups excluding carboxylic acids is 2. The molecule has 4 heteroatoms. The van der Waals surface area contributed by atoms with Gasteiger partial charge >= 0.3 is 0 Å². The summed E-state index contributed by atoms with van der Waals surface area (Å²) in [6, 6.07) is 0. The van der Waals surface area contributed by atoms with Gasteiger partial charge in [0.05, 0.1) is 0 Å². The zero-order chi connectivity index (χ0) is 12.6. The fraction of sp³-hybridized carbons (Fsp3) is 0.833. The lowest BCUT2D eigenvalue weighted by Gasteiger charge is -2.13. The third kappa shape index (κ3) is 7.26. The van der Waals surface area contributed by atoms with Crippen LogP contribution in [0.15, 0.2) is 0 Å². The van der Waals surface area contributed by atoms with E-state index in [-0.39, 0.29) is 11.8 Å². The van der Waals surface area contributed by atoms with Crippen molar-refractivity contribution in [2.24, 2.45) is 11.8 Å². The van der Waals surface area contributed by atoms with Crippen molar-refractivity contribution in [1.82, 2.24) is 0 Å². The van der Waals surface area contributed by atoms with Crippen LogP contribution in [-0.2, 0) is 9.59 Å². The number of hydrogen-bond donors (Lipinski definition) is 0. The van der Waals surface area contributed by atoms with Gasteiger partial charge in [0.2, 0.25) is 0 Å². The van der Waals surface area contributed by atoms with E-state index in [2.05, 4.69) is 0 Å². The van der Waals surface area contributed by atoms with E-state index in [0.29, 0.717) is 12.8 Å². The molecule has 0 radical (unpaired) electrons. The third-order valence-corrected chi connectivity index (χ3v) is 2.83. The highest BCUT2D eigenvalue weighted by Crippen LogP contribution is 2.13. The van der Waals surface area contributed by atoms with Gasteiger partial charge in [-0.1, -0.05) is 39.5 Å². The summed E-state index contributed by atoms with van der Waals surface area (Å²) in [4.78, 5) is 20.8. The van der Waals surface area contributed by atoms with Gasteiger partial charge in [0, 0.05) is 11.9 Å². The Bertz CT molecular complexity index is 201. The second kappa shape index (κ2) is 8.13. The van der Waals surface area contributed by atoms with Crippen LogP contribution in [0, 0.1) is 11.8 Å². The molecular formula is C12H20O4-2. The second-order valence-corrected chi connectivity index (χ2v) is 4.43. The lowest BCUT2D eigenvalue weighted by molar-refractivity contribution is -0.312. The zero-order valence-corrected chi connectivity index (χ0v) is 10.0. The predicted molar refractivity (Wildman–Crippen MR) is 56.0 cm³/mol. The van der Waals surface area contributed by atoms with Crippen LogP contribution in [0.25, 0.3) is 0 Å². The average Bonchev–Trinajstić information content (AvgIpc) is 2.21. The van der Waals surface area contributed by atoms with E-state index in [1.165, 1.54) is 0 Å². The SMILES string of the molecule is C[C@@H](CCCCCC[C@H](C)C(=O)[O-])C(=O)[O-]. The van der Waals surface area contributed by atoms with Crippen molar-refractivity contribution in [2.75, 3.05) is 0 Å². The van der Waals surface area contributed by atoms with Gasteiger partial charge in [0.1, 0.15) is 0 Å². The predicted octanol–water partition coefficient (Wildman–Crippen LogP) is 0.0990. The van der Waals surface area contributed by atoms with Crippen LogP contribution in [0.5, 0.6) is 0 Å². The summed E-state index contributed by atoms with van der Waals surface area (Å²) < 4.78 is 0.